The van der Waals surface area contributed by atoms with Crippen LogP contribution in [0.1, 0.15) is 12.0 Å². The van der Waals surface area contributed by atoms with Crippen LogP contribution >= 0.6 is 0 Å². The van der Waals surface area contributed by atoms with E-state index in [0.29, 0.717) is 18.8 Å². The second-order valence-corrected chi connectivity index (χ2v) is 2.96. The molecule has 84 valence electrons. The smallest absolute Gasteiger partial charge is 0.289 e. The number of nitrogens with zero attached hydrogens (tertiary/aromatic N) is 3. The Morgan fingerprint density at radius 3 is 3.00 bits per heavy atom. The highest BCUT2D eigenvalue weighted by Gasteiger charge is 2.11. The Morgan fingerprint density at radius 1 is 1.69 bits per heavy atom. The average molecular weight is 222 g/mol. The lowest BCUT2D eigenvalue weighted by atomic mass is 10.2. The first-order chi connectivity index (χ1) is 7.69. The van der Waals surface area contributed by atoms with Crippen molar-refractivity contribution in [2.45, 2.75) is 6.42 Å². The average Bonchev–Trinajstić information content (AvgIpc) is 2.29. The van der Waals surface area contributed by atoms with Crippen molar-refractivity contribution in [3.63, 3.8) is 0 Å². The number of nitrogens with one attached hydrogen (secondary N) is 1. The Hall–Kier alpha value is -2.20. The highest BCUT2D eigenvalue weighted by molar-refractivity contribution is 5.55. The van der Waals surface area contributed by atoms with E-state index in [9.17, 15) is 10.1 Å². The summed E-state index contributed by atoms with van der Waals surface area (Å²) in [4.78, 5) is 13.6. The van der Waals surface area contributed by atoms with Crippen LogP contribution in [0.5, 0.6) is 0 Å². The molecule has 0 saturated heterocycles. The van der Waals surface area contributed by atoms with Gasteiger partial charge in [0.15, 0.2) is 0 Å². The van der Waals surface area contributed by atoms with Crippen molar-refractivity contribution in [3.05, 3.63) is 27.9 Å². The molecule has 2 N–H and O–H groups in total. The molecule has 1 aromatic rings. The fraction of sp³-hybridized carbons (Fsp3) is 0.333. The zero-order chi connectivity index (χ0) is 12.0. The molecule has 0 aliphatic heterocycles. The van der Waals surface area contributed by atoms with Crippen molar-refractivity contribution < 1.29 is 10.0 Å². The third kappa shape index (κ3) is 2.90. The van der Waals surface area contributed by atoms with Gasteiger partial charge >= 0.3 is 0 Å². The van der Waals surface area contributed by atoms with Crippen LogP contribution in [0.25, 0.3) is 0 Å². The Balaban J connectivity index is 2.86. The first-order valence-corrected chi connectivity index (χ1v) is 4.58. The van der Waals surface area contributed by atoms with E-state index >= 15 is 0 Å². The number of rotatable bonds is 5. The number of aliphatic hydroxyl groups excluding tert-OH is 1. The minimum Gasteiger partial charge on any atom is -0.396 e. The van der Waals surface area contributed by atoms with Gasteiger partial charge in [-0.2, -0.15) is 5.26 Å². The number of anilines is 1. The van der Waals surface area contributed by atoms with Gasteiger partial charge in [-0.1, -0.05) is 0 Å². The molecule has 0 atom stereocenters. The first kappa shape index (κ1) is 11.9. The number of pyridine rings is 1. The quantitative estimate of drug-likeness (QED) is 0.430. The van der Waals surface area contributed by atoms with Gasteiger partial charge in [0, 0.05) is 19.2 Å². The monoisotopic (exact) mass is 222 g/mol. The van der Waals surface area contributed by atoms with E-state index in [-0.39, 0.29) is 17.9 Å². The molecule has 1 rings (SSSR count). The summed E-state index contributed by atoms with van der Waals surface area (Å²) in [5.41, 5.74) is -0.101. The fourth-order valence-corrected chi connectivity index (χ4v) is 1.07. The Morgan fingerprint density at radius 2 is 2.44 bits per heavy atom. The van der Waals surface area contributed by atoms with Gasteiger partial charge in [-0.3, -0.25) is 10.1 Å². The van der Waals surface area contributed by atoms with Gasteiger partial charge in [0.2, 0.25) is 0 Å². The van der Waals surface area contributed by atoms with Crippen molar-refractivity contribution in [2.24, 2.45) is 0 Å². The number of aromatic nitrogens is 1. The zero-order valence-electron chi connectivity index (χ0n) is 8.38. The van der Waals surface area contributed by atoms with E-state index in [4.69, 9.17) is 10.4 Å². The van der Waals surface area contributed by atoms with Gasteiger partial charge in [-0.15, -0.1) is 0 Å². The summed E-state index contributed by atoms with van der Waals surface area (Å²) < 4.78 is 0. The SMILES string of the molecule is N#Cc1cc([N+](=O)[O-])cnc1NCCCO. The first-order valence-electron chi connectivity index (χ1n) is 4.58. The van der Waals surface area contributed by atoms with E-state index < -0.39 is 4.92 Å². The van der Waals surface area contributed by atoms with Crippen molar-refractivity contribution in [1.29, 1.82) is 5.26 Å². The van der Waals surface area contributed by atoms with Gasteiger partial charge in [-0.05, 0) is 6.42 Å². The molecule has 0 radical (unpaired) electrons. The van der Waals surface area contributed by atoms with Crippen LogP contribution in [-0.4, -0.2) is 28.2 Å². The second-order valence-electron chi connectivity index (χ2n) is 2.96. The number of nitriles is 1. The minimum absolute atomic E-state index is 0.0296. The Labute approximate surface area is 91.5 Å². The molecule has 0 spiro atoms. The standard InChI is InChI=1S/C9H10N4O3/c10-5-7-4-8(13(15)16)6-12-9(7)11-2-1-3-14/h4,6,14H,1-3H2,(H,11,12). The highest BCUT2D eigenvalue weighted by Crippen LogP contribution is 2.17. The van der Waals surface area contributed by atoms with Crippen LogP contribution in [0.2, 0.25) is 0 Å². The van der Waals surface area contributed by atoms with Crippen LogP contribution in [0.3, 0.4) is 0 Å². The molecule has 0 unspecified atom stereocenters. The van der Waals surface area contributed by atoms with Gasteiger partial charge in [-0.25, -0.2) is 4.98 Å². The lowest BCUT2D eigenvalue weighted by Crippen LogP contribution is -2.07. The third-order valence-corrected chi connectivity index (χ3v) is 1.83. The molecule has 0 aliphatic rings. The van der Waals surface area contributed by atoms with Crippen molar-refractivity contribution in [2.75, 3.05) is 18.5 Å². The van der Waals surface area contributed by atoms with E-state index in [1.807, 2.05) is 6.07 Å². The molecule has 0 amide bonds. The van der Waals surface area contributed by atoms with Gasteiger partial charge in [0.05, 0.1) is 4.92 Å². The lowest BCUT2D eigenvalue weighted by molar-refractivity contribution is -0.385. The molecule has 7 heteroatoms. The van der Waals surface area contributed by atoms with Crippen LogP contribution < -0.4 is 5.32 Å². The maximum absolute atomic E-state index is 10.4. The maximum atomic E-state index is 10.4. The number of hydrogen-bond donors (Lipinski definition) is 2. The lowest BCUT2D eigenvalue weighted by Gasteiger charge is -2.05. The summed E-state index contributed by atoms with van der Waals surface area (Å²) >= 11 is 0. The second kappa shape index (κ2) is 5.63. The minimum atomic E-state index is -0.606. The summed E-state index contributed by atoms with van der Waals surface area (Å²) in [5.74, 6) is 0.293. The van der Waals surface area contributed by atoms with Crippen LogP contribution in [-0.2, 0) is 0 Å². The number of aliphatic hydroxyl groups is 1. The molecule has 1 heterocycles. The number of hydrogen-bond acceptors (Lipinski definition) is 6. The molecule has 0 fully saturated rings. The normalized spacial score (nSPS) is 9.50. The largest absolute Gasteiger partial charge is 0.396 e. The molecule has 0 saturated carbocycles. The zero-order valence-corrected chi connectivity index (χ0v) is 8.38. The third-order valence-electron chi connectivity index (χ3n) is 1.83. The fourth-order valence-electron chi connectivity index (χ4n) is 1.07. The highest BCUT2D eigenvalue weighted by atomic mass is 16.6. The molecule has 1 aromatic heterocycles. The Bertz CT molecular complexity index is 427. The van der Waals surface area contributed by atoms with Gasteiger partial charge < -0.3 is 10.4 Å². The summed E-state index contributed by atoms with van der Waals surface area (Å²) in [7, 11) is 0. The predicted molar refractivity (Wildman–Crippen MR) is 55.8 cm³/mol. The van der Waals surface area contributed by atoms with Crippen molar-refractivity contribution in [3.8, 4) is 6.07 Å². The molecule has 7 nitrogen and oxygen atoms in total. The van der Waals surface area contributed by atoms with Crippen LogP contribution in [0.15, 0.2) is 12.3 Å². The van der Waals surface area contributed by atoms with Crippen molar-refractivity contribution >= 4 is 11.5 Å². The van der Waals surface area contributed by atoms with Crippen LogP contribution in [0.4, 0.5) is 11.5 Å². The van der Waals surface area contributed by atoms with Gasteiger partial charge in [0.1, 0.15) is 23.6 Å². The van der Waals surface area contributed by atoms with E-state index in [1.54, 1.807) is 0 Å². The maximum Gasteiger partial charge on any atom is 0.289 e. The summed E-state index contributed by atoms with van der Waals surface area (Å²) in [6.45, 7) is 0.484. The Kier molecular flexibility index (Phi) is 4.17. The van der Waals surface area contributed by atoms with E-state index in [1.165, 1.54) is 0 Å². The van der Waals surface area contributed by atoms with Crippen LogP contribution in [0, 0.1) is 21.4 Å². The summed E-state index contributed by atoms with van der Waals surface area (Å²) in [6, 6.07) is 2.99. The topological polar surface area (TPSA) is 112 Å². The predicted octanol–water partition coefficient (Wildman–Crippen LogP) is 0.656. The molecular formula is C9H10N4O3. The summed E-state index contributed by atoms with van der Waals surface area (Å²) in [5, 5.41) is 30.6. The summed E-state index contributed by atoms with van der Waals surface area (Å²) in [6.07, 6.45) is 1.60. The van der Waals surface area contributed by atoms with E-state index in [0.717, 1.165) is 12.3 Å². The molecular weight excluding hydrogens is 212 g/mol. The van der Waals surface area contributed by atoms with Gasteiger partial charge in [0.25, 0.3) is 5.69 Å². The molecule has 0 aromatic carbocycles. The number of nitro groups is 1. The molecule has 0 bridgehead atoms. The molecule has 0 aliphatic carbocycles. The molecule has 16 heavy (non-hydrogen) atoms. The van der Waals surface area contributed by atoms with Crippen molar-refractivity contribution in [1.82, 2.24) is 4.98 Å². The van der Waals surface area contributed by atoms with E-state index in [2.05, 4.69) is 10.3 Å².